The summed E-state index contributed by atoms with van der Waals surface area (Å²) >= 11 is 11.9. The molecule has 2 N–H and O–H groups in total. The van der Waals surface area contributed by atoms with Crippen LogP contribution in [0.25, 0.3) is 0 Å². The zero-order valence-electron chi connectivity index (χ0n) is 17.1. The van der Waals surface area contributed by atoms with Crippen molar-refractivity contribution in [3.8, 4) is 11.5 Å². The third-order valence-electron chi connectivity index (χ3n) is 4.30. The maximum atomic E-state index is 12.1. The summed E-state index contributed by atoms with van der Waals surface area (Å²) in [5.74, 6) is 0.744. The standard InChI is InChI=1S/C22H26Cl2N2O4/c1-3-25-22(28)14-30-19-10-8-16(12-20(19)29-2)13-26-21(27)6-4-5-15-7-9-17(23)18(24)11-15/h7-12H,3-6,13-14H2,1-2H3,(H,25,28)(H,26,27). The molecule has 0 aliphatic rings. The molecule has 0 aromatic heterocycles. The number of methoxy groups -OCH3 is 1. The van der Waals surface area contributed by atoms with Crippen LogP contribution < -0.4 is 20.1 Å². The van der Waals surface area contributed by atoms with Crippen LogP contribution in [0.5, 0.6) is 11.5 Å². The van der Waals surface area contributed by atoms with Crippen molar-refractivity contribution in [2.75, 3.05) is 20.3 Å². The fourth-order valence-corrected chi connectivity index (χ4v) is 3.09. The summed E-state index contributed by atoms with van der Waals surface area (Å²) < 4.78 is 10.8. The Bertz CT molecular complexity index is 874. The van der Waals surface area contributed by atoms with Gasteiger partial charge in [-0.05, 0) is 55.2 Å². The van der Waals surface area contributed by atoms with Gasteiger partial charge in [-0.25, -0.2) is 0 Å². The molecule has 2 aromatic rings. The van der Waals surface area contributed by atoms with E-state index in [4.69, 9.17) is 32.7 Å². The second kappa shape index (κ2) is 12.3. The van der Waals surface area contributed by atoms with Gasteiger partial charge in [0.15, 0.2) is 18.1 Å². The molecule has 2 rings (SSSR count). The van der Waals surface area contributed by atoms with E-state index in [1.807, 2.05) is 25.1 Å². The molecule has 6 nitrogen and oxygen atoms in total. The second-order valence-electron chi connectivity index (χ2n) is 6.61. The van der Waals surface area contributed by atoms with Gasteiger partial charge in [-0.1, -0.05) is 35.3 Å². The molecule has 0 fully saturated rings. The normalized spacial score (nSPS) is 10.4. The largest absolute Gasteiger partial charge is 0.493 e. The number of likely N-dealkylation sites (N-methyl/N-ethyl adjacent to an activating group) is 1. The van der Waals surface area contributed by atoms with Gasteiger partial charge in [0.05, 0.1) is 17.2 Å². The van der Waals surface area contributed by atoms with Gasteiger partial charge in [0.25, 0.3) is 5.91 Å². The van der Waals surface area contributed by atoms with Crippen molar-refractivity contribution in [2.45, 2.75) is 32.7 Å². The van der Waals surface area contributed by atoms with Crippen molar-refractivity contribution in [3.05, 3.63) is 57.6 Å². The van der Waals surface area contributed by atoms with Crippen LogP contribution >= 0.6 is 23.2 Å². The van der Waals surface area contributed by atoms with Gasteiger partial charge >= 0.3 is 0 Å². The van der Waals surface area contributed by atoms with E-state index in [1.165, 1.54) is 7.11 Å². The maximum absolute atomic E-state index is 12.1. The Labute approximate surface area is 186 Å². The summed E-state index contributed by atoms with van der Waals surface area (Å²) in [5, 5.41) is 6.60. The minimum absolute atomic E-state index is 0.0365. The van der Waals surface area contributed by atoms with Crippen LogP contribution in [0.15, 0.2) is 36.4 Å². The molecule has 162 valence electrons. The van der Waals surface area contributed by atoms with Gasteiger partial charge in [0.1, 0.15) is 0 Å². The molecule has 8 heteroatoms. The van der Waals surface area contributed by atoms with E-state index in [0.29, 0.717) is 47.5 Å². The van der Waals surface area contributed by atoms with Crippen molar-refractivity contribution in [1.82, 2.24) is 10.6 Å². The van der Waals surface area contributed by atoms with E-state index < -0.39 is 0 Å². The molecule has 0 aliphatic carbocycles. The third-order valence-corrected chi connectivity index (χ3v) is 5.04. The molecular formula is C22H26Cl2N2O4. The van der Waals surface area contributed by atoms with E-state index in [2.05, 4.69) is 10.6 Å². The lowest BCUT2D eigenvalue weighted by atomic mass is 10.1. The Hall–Kier alpha value is -2.44. The number of halogens is 2. The highest BCUT2D eigenvalue weighted by molar-refractivity contribution is 6.42. The van der Waals surface area contributed by atoms with Gasteiger partial charge in [-0.3, -0.25) is 9.59 Å². The van der Waals surface area contributed by atoms with Crippen molar-refractivity contribution in [1.29, 1.82) is 0 Å². The van der Waals surface area contributed by atoms with E-state index in [0.717, 1.165) is 17.5 Å². The Morgan fingerprint density at radius 3 is 2.40 bits per heavy atom. The maximum Gasteiger partial charge on any atom is 0.257 e. The first kappa shape index (κ1) is 23.8. The fourth-order valence-electron chi connectivity index (χ4n) is 2.77. The van der Waals surface area contributed by atoms with Gasteiger partial charge in [0.2, 0.25) is 5.91 Å². The number of amides is 2. The topological polar surface area (TPSA) is 76.7 Å². The van der Waals surface area contributed by atoms with Crippen LogP contribution in [0.4, 0.5) is 0 Å². The lowest BCUT2D eigenvalue weighted by molar-refractivity contribution is -0.123. The lowest BCUT2D eigenvalue weighted by Crippen LogP contribution is -2.28. The number of hydrogen-bond acceptors (Lipinski definition) is 4. The smallest absolute Gasteiger partial charge is 0.257 e. The molecule has 0 aliphatic heterocycles. The van der Waals surface area contributed by atoms with Crippen LogP contribution in [-0.4, -0.2) is 32.1 Å². The molecule has 30 heavy (non-hydrogen) atoms. The van der Waals surface area contributed by atoms with Crippen LogP contribution in [0.2, 0.25) is 10.0 Å². The predicted octanol–water partition coefficient (Wildman–Crippen LogP) is 4.16. The predicted molar refractivity (Wildman–Crippen MR) is 118 cm³/mol. The van der Waals surface area contributed by atoms with E-state index in [-0.39, 0.29) is 18.4 Å². The van der Waals surface area contributed by atoms with Crippen molar-refractivity contribution >= 4 is 35.0 Å². The number of carbonyl (C=O) groups is 2. The summed E-state index contributed by atoms with van der Waals surface area (Å²) in [4.78, 5) is 23.7. The monoisotopic (exact) mass is 452 g/mol. The first-order chi connectivity index (χ1) is 14.4. The van der Waals surface area contributed by atoms with Crippen molar-refractivity contribution < 1.29 is 19.1 Å². The van der Waals surface area contributed by atoms with Crippen molar-refractivity contribution in [3.63, 3.8) is 0 Å². The summed E-state index contributed by atoms with van der Waals surface area (Å²) in [6, 6.07) is 10.8. The second-order valence-corrected chi connectivity index (χ2v) is 7.42. The summed E-state index contributed by atoms with van der Waals surface area (Å²) in [5.41, 5.74) is 1.92. The molecule has 0 saturated heterocycles. The molecule has 2 aromatic carbocycles. The number of aryl methyl sites for hydroxylation is 1. The molecular weight excluding hydrogens is 427 g/mol. The Morgan fingerprint density at radius 2 is 1.70 bits per heavy atom. The molecule has 0 radical (unpaired) electrons. The zero-order chi connectivity index (χ0) is 21.9. The molecule has 2 amide bonds. The van der Waals surface area contributed by atoms with E-state index >= 15 is 0 Å². The minimum Gasteiger partial charge on any atom is -0.493 e. The van der Waals surface area contributed by atoms with Gasteiger partial charge in [-0.15, -0.1) is 0 Å². The molecule has 0 atom stereocenters. The van der Waals surface area contributed by atoms with E-state index in [1.54, 1.807) is 18.2 Å². The Morgan fingerprint density at radius 1 is 0.933 bits per heavy atom. The van der Waals surface area contributed by atoms with Crippen LogP contribution in [0.3, 0.4) is 0 Å². The summed E-state index contributed by atoms with van der Waals surface area (Å²) in [7, 11) is 1.53. The number of carbonyl (C=O) groups excluding carboxylic acids is 2. The third kappa shape index (κ3) is 7.76. The SMILES string of the molecule is CCNC(=O)COc1ccc(CNC(=O)CCCc2ccc(Cl)c(Cl)c2)cc1OC. The molecule has 0 spiro atoms. The van der Waals surface area contributed by atoms with Crippen LogP contribution in [0, 0.1) is 0 Å². The average molecular weight is 453 g/mol. The fraction of sp³-hybridized carbons (Fsp3) is 0.364. The molecule has 0 unspecified atom stereocenters. The average Bonchev–Trinajstić information content (AvgIpc) is 2.73. The first-order valence-electron chi connectivity index (χ1n) is 9.70. The van der Waals surface area contributed by atoms with Gasteiger partial charge < -0.3 is 20.1 Å². The van der Waals surface area contributed by atoms with E-state index in [9.17, 15) is 9.59 Å². The number of hydrogen-bond donors (Lipinski definition) is 2. The van der Waals surface area contributed by atoms with Gasteiger partial charge in [0, 0.05) is 19.5 Å². The minimum atomic E-state index is -0.197. The summed E-state index contributed by atoms with van der Waals surface area (Å²) in [6.45, 7) is 2.68. The van der Waals surface area contributed by atoms with Crippen LogP contribution in [0.1, 0.15) is 30.9 Å². The molecule has 0 saturated carbocycles. The zero-order valence-corrected chi connectivity index (χ0v) is 18.6. The highest BCUT2D eigenvalue weighted by Crippen LogP contribution is 2.28. The Kier molecular flexibility index (Phi) is 9.77. The van der Waals surface area contributed by atoms with Gasteiger partial charge in [-0.2, -0.15) is 0 Å². The molecule has 0 bridgehead atoms. The Balaban J connectivity index is 1.79. The first-order valence-corrected chi connectivity index (χ1v) is 10.5. The highest BCUT2D eigenvalue weighted by Gasteiger charge is 2.09. The number of nitrogens with one attached hydrogen (secondary N) is 2. The number of rotatable bonds is 11. The van der Waals surface area contributed by atoms with Crippen molar-refractivity contribution in [2.24, 2.45) is 0 Å². The highest BCUT2D eigenvalue weighted by atomic mass is 35.5. The number of benzene rings is 2. The lowest BCUT2D eigenvalue weighted by Gasteiger charge is -2.12. The summed E-state index contributed by atoms with van der Waals surface area (Å²) in [6.07, 6.45) is 1.86. The van der Waals surface area contributed by atoms with Crippen LogP contribution in [-0.2, 0) is 22.6 Å². The quantitative estimate of drug-likeness (QED) is 0.536. The number of ether oxygens (including phenoxy) is 2. The molecule has 0 heterocycles.